The Hall–Kier alpha value is -2.36. The van der Waals surface area contributed by atoms with E-state index in [1.807, 2.05) is 31.2 Å². The largest absolute Gasteiger partial charge is 0.494 e. The summed E-state index contributed by atoms with van der Waals surface area (Å²) >= 11 is 0. The van der Waals surface area contributed by atoms with Crippen LogP contribution < -0.4 is 10.5 Å². The number of hydrogen-bond donors (Lipinski definition) is 1. The van der Waals surface area contributed by atoms with Crippen molar-refractivity contribution in [2.24, 2.45) is 5.73 Å². The molecule has 2 N–H and O–H groups in total. The maximum absolute atomic E-state index is 10.9. The quantitative estimate of drug-likeness (QED) is 0.894. The molecule has 1 aromatic carbocycles. The summed E-state index contributed by atoms with van der Waals surface area (Å²) in [4.78, 5) is 15.1. The average molecular weight is 242 g/mol. The molecule has 0 aliphatic rings. The Balaban J connectivity index is 2.23. The summed E-state index contributed by atoms with van der Waals surface area (Å²) in [5.41, 5.74) is 7.33. The maximum Gasteiger partial charge on any atom is 0.250 e. The number of amides is 1. The molecule has 18 heavy (non-hydrogen) atoms. The first kappa shape index (κ1) is 12.1. The second kappa shape index (κ2) is 5.31. The minimum Gasteiger partial charge on any atom is -0.494 e. The molecule has 1 heterocycles. The smallest absolute Gasteiger partial charge is 0.250 e. The van der Waals surface area contributed by atoms with Crippen LogP contribution in [-0.4, -0.2) is 17.5 Å². The molecule has 2 rings (SSSR count). The van der Waals surface area contributed by atoms with Gasteiger partial charge in [0.25, 0.3) is 0 Å². The standard InChI is InChI=1S/C14H14N2O2/c1-2-18-12-6-3-10(4-7-12)13-8-5-11(9-16-13)14(15)17/h3-9H,2H2,1H3,(H2,15,17). The van der Waals surface area contributed by atoms with Crippen molar-refractivity contribution in [3.63, 3.8) is 0 Å². The third kappa shape index (κ3) is 2.66. The molecule has 1 aromatic heterocycles. The van der Waals surface area contributed by atoms with Gasteiger partial charge >= 0.3 is 0 Å². The SMILES string of the molecule is CCOc1ccc(-c2ccc(C(N)=O)cn2)cc1. The van der Waals surface area contributed by atoms with Crippen molar-refractivity contribution in [2.75, 3.05) is 6.61 Å². The van der Waals surface area contributed by atoms with Gasteiger partial charge in [-0.25, -0.2) is 0 Å². The Morgan fingerprint density at radius 2 is 1.94 bits per heavy atom. The van der Waals surface area contributed by atoms with Crippen LogP contribution in [0.1, 0.15) is 17.3 Å². The van der Waals surface area contributed by atoms with E-state index in [9.17, 15) is 4.79 Å². The lowest BCUT2D eigenvalue weighted by Gasteiger charge is -2.05. The number of benzene rings is 1. The van der Waals surface area contributed by atoms with Crippen LogP contribution >= 0.6 is 0 Å². The molecule has 0 unspecified atom stereocenters. The fourth-order valence-corrected chi connectivity index (χ4v) is 1.60. The number of rotatable bonds is 4. The molecule has 4 heteroatoms. The number of carbonyl (C=O) groups is 1. The number of carbonyl (C=O) groups excluding carboxylic acids is 1. The number of ether oxygens (including phenoxy) is 1. The lowest BCUT2D eigenvalue weighted by atomic mass is 10.1. The van der Waals surface area contributed by atoms with Gasteiger partial charge in [0.1, 0.15) is 5.75 Å². The summed E-state index contributed by atoms with van der Waals surface area (Å²) in [7, 11) is 0. The molecule has 0 aliphatic heterocycles. The molecule has 4 nitrogen and oxygen atoms in total. The molecular formula is C14H14N2O2. The Kier molecular flexibility index (Phi) is 3.57. The van der Waals surface area contributed by atoms with Gasteiger partial charge in [-0.05, 0) is 43.3 Å². The zero-order chi connectivity index (χ0) is 13.0. The third-order valence-electron chi connectivity index (χ3n) is 2.51. The fraction of sp³-hybridized carbons (Fsp3) is 0.143. The predicted octanol–water partition coefficient (Wildman–Crippen LogP) is 2.25. The number of nitrogens with zero attached hydrogens (tertiary/aromatic N) is 1. The number of hydrogen-bond acceptors (Lipinski definition) is 3. The highest BCUT2D eigenvalue weighted by Crippen LogP contribution is 2.20. The number of pyridine rings is 1. The highest BCUT2D eigenvalue weighted by Gasteiger charge is 2.03. The second-order valence-corrected chi connectivity index (χ2v) is 3.75. The molecule has 92 valence electrons. The molecule has 2 aromatic rings. The molecule has 0 aliphatic carbocycles. The average Bonchev–Trinajstić information content (AvgIpc) is 2.40. The van der Waals surface area contributed by atoms with Crippen LogP contribution in [0.2, 0.25) is 0 Å². The monoisotopic (exact) mass is 242 g/mol. The summed E-state index contributed by atoms with van der Waals surface area (Å²) in [6.07, 6.45) is 1.48. The van der Waals surface area contributed by atoms with Crippen LogP contribution in [0.4, 0.5) is 0 Å². The van der Waals surface area contributed by atoms with E-state index in [0.717, 1.165) is 17.0 Å². The fourth-order valence-electron chi connectivity index (χ4n) is 1.60. The zero-order valence-corrected chi connectivity index (χ0v) is 10.1. The van der Waals surface area contributed by atoms with Gasteiger partial charge in [-0.3, -0.25) is 9.78 Å². The summed E-state index contributed by atoms with van der Waals surface area (Å²) < 4.78 is 5.37. The van der Waals surface area contributed by atoms with E-state index in [1.54, 1.807) is 12.1 Å². The van der Waals surface area contributed by atoms with Crippen molar-refractivity contribution in [1.82, 2.24) is 4.98 Å². The molecule has 0 spiro atoms. The van der Waals surface area contributed by atoms with Gasteiger partial charge in [0.05, 0.1) is 17.9 Å². The van der Waals surface area contributed by atoms with Crippen LogP contribution in [0.3, 0.4) is 0 Å². The van der Waals surface area contributed by atoms with Crippen molar-refractivity contribution in [3.05, 3.63) is 48.2 Å². The summed E-state index contributed by atoms with van der Waals surface area (Å²) in [6.45, 7) is 2.59. The Morgan fingerprint density at radius 3 is 2.44 bits per heavy atom. The van der Waals surface area contributed by atoms with Gasteiger partial charge in [0.15, 0.2) is 0 Å². The van der Waals surface area contributed by atoms with Crippen LogP contribution in [0.5, 0.6) is 5.75 Å². The van der Waals surface area contributed by atoms with Crippen LogP contribution in [0.15, 0.2) is 42.6 Å². The van der Waals surface area contributed by atoms with E-state index < -0.39 is 5.91 Å². The van der Waals surface area contributed by atoms with Crippen molar-refractivity contribution < 1.29 is 9.53 Å². The first-order valence-electron chi connectivity index (χ1n) is 5.70. The molecule has 0 saturated heterocycles. The predicted molar refractivity (Wildman–Crippen MR) is 69.4 cm³/mol. The highest BCUT2D eigenvalue weighted by atomic mass is 16.5. The molecule has 0 saturated carbocycles. The lowest BCUT2D eigenvalue weighted by molar-refractivity contribution is 0.1000. The van der Waals surface area contributed by atoms with Crippen molar-refractivity contribution in [2.45, 2.75) is 6.92 Å². The first-order chi connectivity index (χ1) is 8.70. The van der Waals surface area contributed by atoms with E-state index in [4.69, 9.17) is 10.5 Å². The molecule has 1 amide bonds. The molecule has 0 bridgehead atoms. The zero-order valence-electron chi connectivity index (χ0n) is 10.1. The van der Waals surface area contributed by atoms with E-state index in [0.29, 0.717) is 12.2 Å². The van der Waals surface area contributed by atoms with Gasteiger partial charge in [-0.2, -0.15) is 0 Å². The van der Waals surface area contributed by atoms with Gasteiger partial charge in [-0.1, -0.05) is 0 Å². The molecular weight excluding hydrogens is 228 g/mol. The summed E-state index contributed by atoms with van der Waals surface area (Å²) in [5, 5.41) is 0. The Morgan fingerprint density at radius 1 is 1.22 bits per heavy atom. The Bertz CT molecular complexity index is 533. The van der Waals surface area contributed by atoms with Gasteiger partial charge in [0.2, 0.25) is 5.91 Å². The van der Waals surface area contributed by atoms with Gasteiger partial charge in [0, 0.05) is 11.8 Å². The summed E-state index contributed by atoms with van der Waals surface area (Å²) in [5.74, 6) is 0.357. The number of aromatic nitrogens is 1. The van der Waals surface area contributed by atoms with Crippen molar-refractivity contribution in [1.29, 1.82) is 0 Å². The van der Waals surface area contributed by atoms with Gasteiger partial charge < -0.3 is 10.5 Å². The summed E-state index contributed by atoms with van der Waals surface area (Å²) in [6, 6.07) is 11.1. The van der Waals surface area contributed by atoms with E-state index in [2.05, 4.69) is 4.98 Å². The van der Waals surface area contributed by atoms with E-state index in [1.165, 1.54) is 6.20 Å². The van der Waals surface area contributed by atoms with E-state index in [-0.39, 0.29) is 0 Å². The lowest BCUT2D eigenvalue weighted by Crippen LogP contribution is -2.10. The first-order valence-corrected chi connectivity index (χ1v) is 5.70. The van der Waals surface area contributed by atoms with Gasteiger partial charge in [-0.15, -0.1) is 0 Å². The highest BCUT2D eigenvalue weighted by molar-refractivity contribution is 5.92. The van der Waals surface area contributed by atoms with Crippen molar-refractivity contribution >= 4 is 5.91 Å². The number of nitrogens with two attached hydrogens (primary N) is 1. The van der Waals surface area contributed by atoms with E-state index >= 15 is 0 Å². The van der Waals surface area contributed by atoms with Crippen molar-refractivity contribution in [3.8, 4) is 17.0 Å². The minimum atomic E-state index is -0.472. The molecule has 0 atom stereocenters. The third-order valence-corrected chi connectivity index (χ3v) is 2.51. The number of primary amides is 1. The Labute approximate surface area is 105 Å². The maximum atomic E-state index is 10.9. The normalized spacial score (nSPS) is 10.1. The van der Waals surface area contributed by atoms with Crippen LogP contribution in [0, 0.1) is 0 Å². The van der Waals surface area contributed by atoms with Crippen LogP contribution in [0.25, 0.3) is 11.3 Å². The second-order valence-electron chi connectivity index (χ2n) is 3.75. The topological polar surface area (TPSA) is 65.2 Å². The molecule has 0 fully saturated rings. The molecule has 0 radical (unpaired) electrons. The van der Waals surface area contributed by atoms with Crippen LogP contribution in [-0.2, 0) is 0 Å². The minimum absolute atomic E-state index is 0.407.